The van der Waals surface area contributed by atoms with E-state index < -0.39 is 0 Å². The number of aromatic nitrogens is 3. The van der Waals surface area contributed by atoms with Gasteiger partial charge in [0.25, 0.3) is 0 Å². The maximum atomic E-state index is 6.01. The Morgan fingerprint density at radius 2 is 2.00 bits per heavy atom. The molecule has 0 spiro atoms. The highest BCUT2D eigenvalue weighted by atomic mass is 35.5. The van der Waals surface area contributed by atoms with E-state index in [0.29, 0.717) is 12.1 Å². The molecular weight excluding hydrogens is 322 g/mol. The fraction of sp³-hybridized carbons (Fsp3) is 0.556. The highest BCUT2D eigenvalue weighted by Crippen LogP contribution is 2.30. The van der Waals surface area contributed by atoms with E-state index in [9.17, 15) is 0 Å². The number of hydrogen-bond acceptors (Lipinski definition) is 4. The van der Waals surface area contributed by atoms with Crippen LogP contribution in [-0.4, -0.2) is 39.0 Å². The zero-order valence-corrected chi connectivity index (χ0v) is 14.6. The molecule has 1 saturated carbocycles. The predicted molar refractivity (Wildman–Crippen MR) is 94.9 cm³/mol. The molecule has 2 heterocycles. The molecular formula is C18H24ClN5. The normalized spacial score (nSPS) is 21.3. The summed E-state index contributed by atoms with van der Waals surface area (Å²) in [7, 11) is 0. The summed E-state index contributed by atoms with van der Waals surface area (Å²) in [5.41, 5.74) is 2.54. The van der Waals surface area contributed by atoms with Gasteiger partial charge >= 0.3 is 0 Å². The third kappa shape index (κ3) is 3.79. The molecule has 1 N–H and O–H groups in total. The van der Waals surface area contributed by atoms with Crippen LogP contribution in [0.1, 0.15) is 43.0 Å². The molecule has 1 aliphatic heterocycles. The van der Waals surface area contributed by atoms with Crippen molar-refractivity contribution in [2.45, 2.75) is 50.9 Å². The Balaban J connectivity index is 1.47. The number of piperidine rings is 1. The van der Waals surface area contributed by atoms with Crippen LogP contribution in [0.25, 0.3) is 0 Å². The molecule has 1 aromatic heterocycles. The van der Waals surface area contributed by atoms with Crippen molar-refractivity contribution in [1.29, 1.82) is 0 Å². The Labute approximate surface area is 148 Å². The summed E-state index contributed by atoms with van der Waals surface area (Å²) in [4.78, 5) is 2.55. The molecule has 1 saturated heterocycles. The fourth-order valence-electron chi connectivity index (χ4n) is 3.51. The van der Waals surface area contributed by atoms with Crippen molar-refractivity contribution < 1.29 is 0 Å². The maximum Gasteiger partial charge on any atom is 0.0738 e. The second kappa shape index (κ2) is 7.21. The Kier molecular flexibility index (Phi) is 4.83. The average Bonchev–Trinajstić information content (AvgIpc) is 3.36. The van der Waals surface area contributed by atoms with E-state index in [-0.39, 0.29) is 0 Å². The quantitative estimate of drug-likeness (QED) is 0.874. The van der Waals surface area contributed by atoms with Gasteiger partial charge in [0.2, 0.25) is 0 Å². The van der Waals surface area contributed by atoms with Gasteiger partial charge in [0.1, 0.15) is 0 Å². The van der Waals surface area contributed by atoms with Gasteiger partial charge in [0.15, 0.2) is 0 Å². The van der Waals surface area contributed by atoms with Crippen LogP contribution in [0.15, 0.2) is 30.5 Å². The van der Waals surface area contributed by atoms with Crippen LogP contribution < -0.4 is 5.32 Å². The minimum atomic E-state index is 0.438. The summed E-state index contributed by atoms with van der Waals surface area (Å²) in [5.74, 6) is 0. The molecule has 1 atom stereocenters. The van der Waals surface area contributed by atoms with E-state index in [0.717, 1.165) is 31.2 Å². The molecule has 128 valence electrons. The smallest absolute Gasteiger partial charge is 0.0738 e. The summed E-state index contributed by atoms with van der Waals surface area (Å²) >= 11 is 6.01. The van der Waals surface area contributed by atoms with E-state index in [2.05, 4.69) is 37.3 Å². The lowest BCUT2D eigenvalue weighted by molar-refractivity contribution is 0.230. The lowest BCUT2D eigenvalue weighted by Gasteiger charge is -2.27. The third-order valence-electron chi connectivity index (χ3n) is 4.99. The van der Waals surface area contributed by atoms with Gasteiger partial charge in [-0.15, -0.1) is 5.10 Å². The van der Waals surface area contributed by atoms with Crippen molar-refractivity contribution in [3.8, 4) is 0 Å². The van der Waals surface area contributed by atoms with Crippen molar-refractivity contribution in [2.75, 3.05) is 13.1 Å². The maximum absolute atomic E-state index is 6.01. The topological polar surface area (TPSA) is 46.0 Å². The van der Waals surface area contributed by atoms with Crippen LogP contribution >= 0.6 is 11.6 Å². The first-order valence-electron chi connectivity index (χ1n) is 8.88. The molecule has 0 bridgehead atoms. The first kappa shape index (κ1) is 16.1. The number of benzene rings is 1. The monoisotopic (exact) mass is 345 g/mol. The van der Waals surface area contributed by atoms with Crippen LogP contribution in [0.2, 0.25) is 5.02 Å². The molecule has 2 aliphatic rings. The minimum Gasteiger partial charge on any atom is -0.315 e. The van der Waals surface area contributed by atoms with Gasteiger partial charge < -0.3 is 5.32 Å². The lowest BCUT2D eigenvalue weighted by atomic mass is 10.1. The van der Waals surface area contributed by atoms with Crippen molar-refractivity contribution in [1.82, 2.24) is 25.2 Å². The van der Waals surface area contributed by atoms with Crippen LogP contribution in [0.3, 0.4) is 0 Å². The van der Waals surface area contributed by atoms with Crippen LogP contribution in [-0.2, 0) is 13.1 Å². The minimum absolute atomic E-state index is 0.438. The number of hydrogen-bond donors (Lipinski definition) is 1. The van der Waals surface area contributed by atoms with Gasteiger partial charge in [-0.05, 0) is 49.9 Å². The van der Waals surface area contributed by atoms with Crippen molar-refractivity contribution in [2.24, 2.45) is 0 Å². The lowest BCUT2D eigenvalue weighted by Crippen LogP contribution is -2.34. The van der Waals surface area contributed by atoms with Gasteiger partial charge in [-0.2, -0.15) is 0 Å². The van der Waals surface area contributed by atoms with E-state index in [1.807, 2.05) is 18.3 Å². The Hall–Kier alpha value is -1.43. The Bertz CT molecular complexity index is 658. The number of halogens is 1. The van der Waals surface area contributed by atoms with E-state index in [1.54, 1.807) is 0 Å². The largest absolute Gasteiger partial charge is 0.315 e. The Morgan fingerprint density at radius 1 is 1.17 bits per heavy atom. The van der Waals surface area contributed by atoms with Gasteiger partial charge in [-0.25, -0.2) is 4.68 Å². The van der Waals surface area contributed by atoms with Crippen molar-refractivity contribution >= 4 is 11.6 Å². The number of rotatable bonds is 6. The van der Waals surface area contributed by atoms with E-state index in [1.165, 1.54) is 36.9 Å². The first-order valence-corrected chi connectivity index (χ1v) is 9.25. The number of nitrogens with zero attached hydrogens (tertiary/aromatic N) is 4. The standard InChI is InChI=1S/C18H24ClN5/c19-15-5-3-14(4-6-15)12-23(16-7-8-16)13-18-11-21-22-24(18)17-2-1-9-20-10-17/h3-6,11,16-17,20H,1-2,7-10,12-13H2. The second-order valence-electron chi connectivity index (χ2n) is 6.93. The highest BCUT2D eigenvalue weighted by molar-refractivity contribution is 6.30. The summed E-state index contributed by atoms with van der Waals surface area (Å²) in [5, 5.41) is 12.8. The van der Waals surface area contributed by atoms with Crippen molar-refractivity contribution in [3.63, 3.8) is 0 Å². The summed E-state index contributed by atoms with van der Waals surface area (Å²) in [6, 6.07) is 9.32. The Morgan fingerprint density at radius 3 is 2.71 bits per heavy atom. The van der Waals surface area contributed by atoms with Gasteiger partial charge in [-0.3, -0.25) is 4.90 Å². The zero-order chi connectivity index (χ0) is 16.4. The molecule has 4 rings (SSSR count). The molecule has 2 fully saturated rings. The zero-order valence-electron chi connectivity index (χ0n) is 13.9. The fourth-order valence-corrected chi connectivity index (χ4v) is 3.64. The molecule has 1 aliphatic carbocycles. The summed E-state index contributed by atoms with van der Waals surface area (Å²) in [6.45, 7) is 3.98. The SMILES string of the molecule is Clc1ccc(CN(Cc2cnnn2C2CCCNC2)C2CC2)cc1. The van der Waals surface area contributed by atoms with Gasteiger partial charge in [-0.1, -0.05) is 28.9 Å². The predicted octanol–water partition coefficient (Wildman–Crippen LogP) is 3.02. The van der Waals surface area contributed by atoms with Crippen LogP contribution in [0.4, 0.5) is 0 Å². The summed E-state index contributed by atoms with van der Waals surface area (Å²) in [6.07, 6.45) is 6.91. The van der Waals surface area contributed by atoms with E-state index in [4.69, 9.17) is 11.6 Å². The van der Waals surface area contributed by atoms with Gasteiger partial charge in [0.05, 0.1) is 17.9 Å². The molecule has 1 unspecified atom stereocenters. The molecule has 0 amide bonds. The molecule has 0 radical (unpaired) electrons. The second-order valence-corrected chi connectivity index (χ2v) is 7.37. The molecule has 5 nitrogen and oxygen atoms in total. The van der Waals surface area contributed by atoms with E-state index >= 15 is 0 Å². The molecule has 2 aromatic rings. The molecule has 6 heteroatoms. The molecule has 24 heavy (non-hydrogen) atoms. The number of nitrogens with one attached hydrogen (secondary N) is 1. The van der Waals surface area contributed by atoms with Crippen molar-refractivity contribution in [3.05, 3.63) is 46.7 Å². The third-order valence-corrected chi connectivity index (χ3v) is 5.25. The molecule has 1 aromatic carbocycles. The average molecular weight is 346 g/mol. The van der Waals surface area contributed by atoms with Crippen LogP contribution in [0, 0.1) is 0 Å². The van der Waals surface area contributed by atoms with Gasteiger partial charge in [0, 0.05) is 30.7 Å². The summed E-state index contributed by atoms with van der Waals surface area (Å²) < 4.78 is 2.14. The first-order chi connectivity index (χ1) is 11.8. The highest BCUT2D eigenvalue weighted by Gasteiger charge is 2.30. The van der Waals surface area contributed by atoms with Crippen LogP contribution in [0.5, 0.6) is 0 Å².